The second kappa shape index (κ2) is 5.21. The quantitative estimate of drug-likeness (QED) is 0.803. The zero-order chi connectivity index (χ0) is 12.1. The fourth-order valence-electron chi connectivity index (χ4n) is 1.46. The van der Waals surface area contributed by atoms with E-state index >= 15 is 0 Å². The van der Waals surface area contributed by atoms with Gasteiger partial charge in [-0.25, -0.2) is 4.79 Å². The summed E-state index contributed by atoms with van der Waals surface area (Å²) in [5.74, 6) is -0.201. The van der Waals surface area contributed by atoms with Crippen LogP contribution in [-0.2, 0) is 13.0 Å². The number of allylic oxidation sites excluding steroid dienone is 1. The number of hydrogen-bond donors (Lipinski definition) is 1. The van der Waals surface area contributed by atoms with Gasteiger partial charge >= 0.3 is 5.82 Å². The van der Waals surface area contributed by atoms with Crippen molar-refractivity contribution in [3.8, 4) is 0 Å². The van der Waals surface area contributed by atoms with Crippen molar-refractivity contribution >= 4 is 5.69 Å². The summed E-state index contributed by atoms with van der Waals surface area (Å²) >= 11 is 0. The molecule has 0 bridgehead atoms. The van der Waals surface area contributed by atoms with E-state index in [0.29, 0.717) is 12.3 Å². The van der Waals surface area contributed by atoms with Crippen molar-refractivity contribution in [3.05, 3.63) is 65.1 Å². The highest BCUT2D eigenvalue weighted by Crippen LogP contribution is 2.11. The predicted molar refractivity (Wildman–Crippen MR) is 64.9 cm³/mol. The lowest BCUT2D eigenvalue weighted by molar-refractivity contribution is 0.375. The summed E-state index contributed by atoms with van der Waals surface area (Å²) in [7, 11) is 0. The average Bonchev–Trinajstić information content (AvgIpc) is 2.75. The van der Waals surface area contributed by atoms with E-state index in [1.165, 1.54) is 11.8 Å². The number of hydrogen-bond acceptors (Lipinski definition) is 4. The van der Waals surface area contributed by atoms with Gasteiger partial charge in [-0.05, 0) is 24.1 Å². The first kappa shape index (κ1) is 11.3. The van der Waals surface area contributed by atoms with Crippen LogP contribution in [0.3, 0.4) is 0 Å². The molecule has 0 aliphatic carbocycles. The third kappa shape index (κ3) is 3.11. The highest BCUT2D eigenvalue weighted by molar-refractivity contribution is 5.44. The maximum atomic E-state index is 10.6. The Labute approximate surface area is 98.6 Å². The summed E-state index contributed by atoms with van der Waals surface area (Å²) in [4.78, 5) is 10.6. The molecule has 1 N–H and O–H groups in total. The van der Waals surface area contributed by atoms with Crippen LogP contribution in [0.15, 0.2) is 56.8 Å². The molecule has 2 aromatic rings. The number of rotatable bonds is 5. The van der Waals surface area contributed by atoms with Crippen molar-refractivity contribution in [1.29, 1.82) is 0 Å². The summed E-state index contributed by atoms with van der Waals surface area (Å²) in [6.45, 7) is 4.11. The molecule has 88 valence electrons. The number of benzene rings is 1. The molecule has 0 unspecified atom stereocenters. The molecule has 0 aliphatic rings. The van der Waals surface area contributed by atoms with Crippen molar-refractivity contribution in [2.75, 3.05) is 5.32 Å². The van der Waals surface area contributed by atoms with E-state index in [-0.39, 0.29) is 0 Å². The van der Waals surface area contributed by atoms with Crippen LogP contribution in [0.25, 0.3) is 0 Å². The van der Waals surface area contributed by atoms with Crippen molar-refractivity contribution < 1.29 is 8.83 Å². The van der Waals surface area contributed by atoms with E-state index in [2.05, 4.69) is 16.3 Å². The molecule has 0 radical (unpaired) electrons. The fourth-order valence-corrected chi connectivity index (χ4v) is 1.46. The van der Waals surface area contributed by atoms with Gasteiger partial charge in [-0.3, -0.25) is 0 Å². The Balaban J connectivity index is 1.95. The lowest BCUT2D eigenvalue weighted by Gasteiger charge is -2.04. The van der Waals surface area contributed by atoms with Crippen LogP contribution >= 0.6 is 0 Å². The van der Waals surface area contributed by atoms with Gasteiger partial charge in [-0.15, -0.1) is 6.58 Å². The van der Waals surface area contributed by atoms with Crippen LogP contribution in [0, 0.1) is 0 Å². The summed E-state index contributed by atoms with van der Waals surface area (Å²) in [5.41, 5.74) is 2.17. The van der Waals surface area contributed by atoms with E-state index in [1.807, 2.05) is 30.3 Å². The molecule has 0 spiro atoms. The lowest BCUT2D eigenvalue weighted by atomic mass is 10.1. The number of anilines is 1. The van der Waals surface area contributed by atoms with Crippen LogP contribution in [0.5, 0.6) is 0 Å². The van der Waals surface area contributed by atoms with Crippen LogP contribution in [0.4, 0.5) is 5.69 Å². The predicted octanol–water partition coefficient (Wildman–Crippen LogP) is 2.57. The molecule has 0 saturated heterocycles. The zero-order valence-corrected chi connectivity index (χ0v) is 9.31. The monoisotopic (exact) mass is 231 g/mol. The maximum Gasteiger partial charge on any atom is 0.518 e. The maximum absolute atomic E-state index is 10.6. The average molecular weight is 231 g/mol. The van der Waals surface area contributed by atoms with E-state index in [9.17, 15) is 4.79 Å². The zero-order valence-electron chi connectivity index (χ0n) is 9.31. The first-order valence-corrected chi connectivity index (χ1v) is 5.29. The minimum absolute atomic E-state index is 0.423. The Kier molecular flexibility index (Phi) is 3.45. The van der Waals surface area contributed by atoms with Crippen molar-refractivity contribution in [3.63, 3.8) is 0 Å². The van der Waals surface area contributed by atoms with Crippen LogP contribution in [0.2, 0.25) is 0 Å². The molecule has 0 atom stereocenters. The molecule has 0 amide bonds. The smallest absolute Gasteiger partial charge is 0.399 e. The molecule has 0 aliphatic heterocycles. The Morgan fingerprint density at radius 1 is 1.29 bits per heavy atom. The number of nitrogens with one attached hydrogen (secondary N) is 1. The molecule has 1 aromatic heterocycles. The summed E-state index contributed by atoms with van der Waals surface area (Å²) in [5, 5.41) is 3.13. The Hall–Kier alpha value is -2.23. The second-order valence-electron chi connectivity index (χ2n) is 3.60. The molecule has 4 nitrogen and oxygen atoms in total. The first-order chi connectivity index (χ1) is 8.28. The highest BCUT2D eigenvalue weighted by Gasteiger charge is 2.00. The van der Waals surface area contributed by atoms with E-state index < -0.39 is 5.82 Å². The molecule has 4 heteroatoms. The molecule has 1 aromatic carbocycles. The molecular weight excluding hydrogens is 218 g/mol. The Bertz CT molecular complexity index is 536. The molecule has 17 heavy (non-hydrogen) atoms. The third-order valence-electron chi connectivity index (χ3n) is 2.30. The van der Waals surface area contributed by atoms with Crippen molar-refractivity contribution in [2.45, 2.75) is 13.0 Å². The van der Waals surface area contributed by atoms with E-state index in [1.54, 1.807) is 0 Å². The van der Waals surface area contributed by atoms with Gasteiger partial charge in [0.1, 0.15) is 6.26 Å². The third-order valence-corrected chi connectivity index (χ3v) is 2.30. The minimum Gasteiger partial charge on any atom is -0.399 e. The van der Waals surface area contributed by atoms with Gasteiger partial charge in [0.05, 0.1) is 6.54 Å². The summed E-state index contributed by atoms with van der Waals surface area (Å²) in [6, 6.07) is 7.99. The molecule has 1 heterocycles. The van der Waals surface area contributed by atoms with Gasteiger partial charge < -0.3 is 14.2 Å². The van der Waals surface area contributed by atoms with Crippen LogP contribution in [0.1, 0.15) is 11.3 Å². The fraction of sp³-hybridized carbons (Fsp3) is 0.154. The summed E-state index contributed by atoms with van der Waals surface area (Å²) < 4.78 is 9.30. The Morgan fingerprint density at radius 2 is 2.06 bits per heavy atom. The largest absolute Gasteiger partial charge is 0.518 e. The van der Waals surface area contributed by atoms with Gasteiger partial charge in [0, 0.05) is 5.69 Å². The minimum atomic E-state index is -0.678. The molecule has 2 rings (SSSR count). The van der Waals surface area contributed by atoms with Gasteiger partial charge in [-0.2, -0.15) is 0 Å². The lowest BCUT2D eigenvalue weighted by Crippen LogP contribution is -1.98. The van der Waals surface area contributed by atoms with E-state index in [0.717, 1.165) is 12.1 Å². The van der Waals surface area contributed by atoms with Gasteiger partial charge in [0.25, 0.3) is 0 Å². The van der Waals surface area contributed by atoms with Gasteiger partial charge in [-0.1, -0.05) is 18.2 Å². The molecule has 0 fully saturated rings. The topological polar surface area (TPSA) is 55.4 Å². The Morgan fingerprint density at radius 3 is 2.65 bits per heavy atom. The SMILES string of the molecule is C=CCc1ccc(NCc2coc(=O)o2)cc1. The van der Waals surface area contributed by atoms with Crippen molar-refractivity contribution in [1.82, 2.24) is 0 Å². The normalized spacial score (nSPS) is 10.1. The first-order valence-electron chi connectivity index (χ1n) is 5.29. The highest BCUT2D eigenvalue weighted by atomic mass is 16.6. The standard InChI is InChI=1S/C13H13NO3/c1-2-3-10-4-6-11(7-5-10)14-8-12-9-16-13(15)17-12/h2,4-7,9,14H,1,3,8H2. The molecule has 0 saturated carbocycles. The molecular formula is C13H13NO3. The van der Waals surface area contributed by atoms with Gasteiger partial charge in [0.2, 0.25) is 0 Å². The van der Waals surface area contributed by atoms with Crippen LogP contribution in [-0.4, -0.2) is 0 Å². The second-order valence-corrected chi connectivity index (χ2v) is 3.60. The van der Waals surface area contributed by atoms with E-state index in [4.69, 9.17) is 4.42 Å². The van der Waals surface area contributed by atoms with Crippen molar-refractivity contribution in [2.24, 2.45) is 0 Å². The van der Waals surface area contributed by atoms with Gasteiger partial charge in [0.15, 0.2) is 5.76 Å². The summed E-state index contributed by atoms with van der Waals surface area (Å²) in [6.07, 6.45) is 4.03. The van der Waals surface area contributed by atoms with Crippen LogP contribution < -0.4 is 11.1 Å².